The molecular formula is C15H25N3O. The molecule has 1 fully saturated rings. The highest BCUT2D eigenvalue weighted by Crippen LogP contribution is 2.17. The van der Waals surface area contributed by atoms with Crippen molar-refractivity contribution in [1.29, 1.82) is 0 Å². The molecule has 1 aromatic rings. The molecule has 1 aliphatic rings. The molecule has 1 atom stereocenters. The van der Waals surface area contributed by atoms with E-state index in [1.165, 1.54) is 12.8 Å². The summed E-state index contributed by atoms with van der Waals surface area (Å²) >= 11 is 0. The molecule has 1 N–H and O–H groups in total. The molecule has 0 radical (unpaired) electrons. The van der Waals surface area contributed by atoms with E-state index in [-0.39, 0.29) is 0 Å². The fraction of sp³-hybridized carbons (Fsp3) is 0.733. The zero-order valence-corrected chi connectivity index (χ0v) is 12.3. The lowest BCUT2D eigenvalue weighted by molar-refractivity contribution is 0.391. The lowest BCUT2D eigenvalue weighted by Crippen LogP contribution is -2.11. The minimum Gasteiger partial charge on any atom is -0.481 e. The maximum Gasteiger partial charge on any atom is 0.216 e. The van der Waals surface area contributed by atoms with Gasteiger partial charge in [-0.15, -0.1) is 0 Å². The first-order valence-corrected chi connectivity index (χ1v) is 7.29. The van der Waals surface area contributed by atoms with E-state index in [0.717, 1.165) is 43.4 Å². The van der Waals surface area contributed by atoms with Gasteiger partial charge in [0.15, 0.2) is 0 Å². The van der Waals surface area contributed by atoms with Crippen LogP contribution in [0.3, 0.4) is 0 Å². The Labute approximate surface area is 116 Å². The van der Waals surface area contributed by atoms with Crippen LogP contribution in [0, 0.1) is 11.8 Å². The first-order valence-electron chi connectivity index (χ1n) is 7.29. The molecule has 0 saturated carbocycles. The maximum atomic E-state index is 5.29. The minimum atomic E-state index is 0.603. The number of nitrogens with zero attached hydrogens (tertiary/aromatic N) is 2. The molecule has 106 valence electrons. The van der Waals surface area contributed by atoms with Gasteiger partial charge >= 0.3 is 0 Å². The van der Waals surface area contributed by atoms with Crippen molar-refractivity contribution in [2.24, 2.45) is 11.8 Å². The fourth-order valence-corrected chi connectivity index (χ4v) is 2.56. The minimum absolute atomic E-state index is 0.603. The second-order valence-electron chi connectivity index (χ2n) is 5.81. The molecule has 1 aliphatic heterocycles. The van der Waals surface area contributed by atoms with E-state index >= 15 is 0 Å². The Hall–Kier alpha value is -1.16. The van der Waals surface area contributed by atoms with Crippen molar-refractivity contribution in [3.8, 4) is 5.88 Å². The summed E-state index contributed by atoms with van der Waals surface area (Å²) in [6.45, 7) is 6.71. The summed E-state index contributed by atoms with van der Waals surface area (Å²) in [4.78, 5) is 9.14. The van der Waals surface area contributed by atoms with E-state index in [1.807, 2.05) is 6.07 Å². The Morgan fingerprint density at radius 3 is 2.89 bits per heavy atom. The van der Waals surface area contributed by atoms with E-state index in [9.17, 15) is 0 Å². The van der Waals surface area contributed by atoms with Gasteiger partial charge in [0.1, 0.15) is 5.82 Å². The monoisotopic (exact) mass is 263 g/mol. The van der Waals surface area contributed by atoms with Gasteiger partial charge in [-0.05, 0) is 44.2 Å². The summed E-state index contributed by atoms with van der Waals surface area (Å²) in [5.41, 5.74) is 1.10. The quantitative estimate of drug-likeness (QED) is 0.855. The van der Waals surface area contributed by atoms with Crippen molar-refractivity contribution in [3.63, 3.8) is 0 Å². The van der Waals surface area contributed by atoms with Crippen molar-refractivity contribution < 1.29 is 4.74 Å². The van der Waals surface area contributed by atoms with Crippen LogP contribution in [-0.2, 0) is 12.8 Å². The SMILES string of the molecule is COc1cc(CC(C)C)nc(CCC2CCNC2)n1. The van der Waals surface area contributed by atoms with Crippen molar-refractivity contribution in [3.05, 3.63) is 17.6 Å². The molecule has 4 nitrogen and oxygen atoms in total. The number of methoxy groups -OCH3 is 1. The second-order valence-corrected chi connectivity index (χ2v) is 5.81. The van der Waals surface area contributed by atoms with Crippen LogP contribution in [-0.4, -0.2) is 30.2 Å². The average Bonchev–Trinajstić information content (AvgIpc) is 2.88. The molecule has 2 heterocycles. The third-order valence-electron chi connectivity index (χ3n) is 3.57. The molecule has 0 spiro atoms. The number of ether oxygens (including phenoxy) is 1. The molecule has 0 aromatic carbocycles. The Morgan fingerprint density at radius 2 is 2.26 bits per heavy atom. The predicted octanol–water partition coefficient (Wildman–Crippen LogP) is 2.23. The Morgan fingerprint density at radius 1 is 1.42 bits per heavy atom. The molecule has 4 heteroatoms. The topological polar surface area (TPSA) is 47.0 Å². The van der Waals surface area contributed by atoms with Crippen molar-refractivity contribution in [1.82, 2.24) is 15.3 Å². The van der Waals surface area contributed by atoms with Gasteiger partial charge < -0.3 is 10.1 Å². The standard InChI is InChI=1S/C15H25N3O/c1-11(2)8-13-9-15(19-3)18-14(17-13)5-4-12-6-7-16-10-12/h9,11-12,16H,4-8,10H2,1-3H3. The number of rotatable bonds is 6. The molecule has 2 rings (SSSR count). The number of hydrogen-bond donors (Lipinski definition) is 1. The molecule has 1 unspecified atom stereocenters. The van der Waals surface area contributed by atoms with Crippen LogP contribution in [0.2, 0.25) is 0 Å². The first-order chi connectivity index (χ1) is 9.17. The lowest BCUT2D eigenvalue weighted by atomic mass is 10.0. The Bertz CT molecular complexity index is 400. The van der Waals surface area contributed by atoms with Crippen LogP contribution in [0.15, 0.2) is 6.07 Å². The van der Waals surface area contributed by atoms with Gasteiger partial charge in [0.2, 0.25) is 5.88 Å². The van der Waals surface area contributed by atoms with Gasteiger partial charge in [0, 0.05) is 18.2 Å². The highest BCUT2D eigenvalue weighted by Gasteiger charge is 2.15. The van der Waals surface area contributed by atoms with Crippen molar-refractivity contribution in [2.45, 2.75) is 39.5 Å². The molecule has 19 heavy (non-hydrogen) atoms. The van der Waals surface area contributed by atoms with Gasteiger partial charge in [-0.1, -0.05) is 13.8 Å². The molecule has 0 bridgehead atoms. The lowest BCUT2D eigenvalue weighted by Gasteiger charge is -2.10. The van der Waals surface area contributed by atoms with Crippen LogP contribution >= 0.6 is 0 Å². The van der Waals surface area contributed by atoms with Crippen molar-refractivity contribution >= 4 is 0 Å². The molecular weight excluding hydrogens is 238 g/mol. The largest absolute Gasteiger partial charge is 0.481 e. The zero-order valence-electron chi connectivity index (χ0n) is 12.3. The maximum absolute atomic E-state index is 5.29. The van der Waals surface area contributed by atoms with Crippen LogP contribution in [0.25, 0.3) is 0 Å². The van der Waals surface area contributed by atoms with E-state index in [1.54, 1.807) is 7.11 Å². The summed E-state index contributed by atoms with van der Waals surface area (Å²) in [6, 6.07) is 1.96. The highest BCUT2D eigenvalue weighted by atomic mass is 16.5. The van der Waals surface area contributed by atoms with Gasteiger partial charge in [-0.25, -0.2) is 4.98 Å². The summed E-state index contributed by atoms with van der Waals surface area (Å²) < 4.78 is 5.29. The molecule has 0 amide bonds. The Kier molecular flexibility index (Phi) is 5.14. The smallest absolute Gasteiger partial charge is 0.216 e. The third kappa shape index (κ3) is 4.46. The Balaban J connectivity index is 2.00. The summed E-state index contributed by atoms with van der Waals surface area (Å²) in [5, 5.41) is 3.40. The van der Waals surface area contributed by atoms with Crippen LogP contribution < -0.4 is 10.1 Å². The van der Waals surface area contributed by atoms with Crippen LogP contribution in [0.5, 0.6) is 5.88 Å². The average molecular weight is 263 g/mol. The van der Waals surface area contributed by atoms with E-state index in [4.69, 9.17) is 4.74 Å². The van der Waals surface area contributed by atoms with E-state index in [0.29, 0.717) is 11.8 Å². The van der Waals surface area contributed by atoms with E-state index < -0.39 is 0 Å². The second kappa shape index (κ2) is 6.85. The normalized spacial score (nSPS) is 19.1. The number of nitrogens with one attached hydrogen (secondary N) is 1. The zero-order chi connectivity index (χ0) is 13.7. The predicted molar refractivity (Wildman–Crippen MR) is 76.4 cm³/mol. The number of aryl methyl sites for hydroxylation is 1. The highest BCUT2D eigenvalue weighted by molar-refractivity contribution is 5.17. The van der Waals surface area contributed by atoms with Gasteiger partial charge in [0.05, 0.1) is 7.11 Å². The molecule has 1 aromatic heterocycles. The summed E-state index contributed by atoms with van der Waals surface area (Å²) in [5.74, 6) is 3.02. The van der Waals surface area contributed by atoms with Gasteiger partial charge in [0.25, 0.3) is 0 Å². The summed E-state index contributed by atoms with van der Waals surface area (Å²) in [6.07, 6.45) is 4.38. The molecule has 1 saturated heterocycles. The fourth-order valence-electron chi connectivity index (χ4n) is 2.56. The van der Waals surface area contributed by atoms with Crippen LogP contribution in [0.4, 0.5) is 0 Å². The van der Waals surface area contributed by atoms with Crippen molar-refractivity contribution in [2.75, 3.05) is 20.2 Å². The van der Waals surface area contributed by atoms with E-state index in [2.05, 4.69) is 29.1 Å². The van der Waals surface area contributed by atoms with Gasteiger partial charge in [-0.3, -0.25) is 0 Å². The third-order valence-corrected chi connectivity index (χ3v) is 3.57. The molecule has 0 aliphatic carbocycles. The van der Waals surface area contributed by atoms with Crippen LogP contribution in [0.1, 0.15) is 38.2 Å². The summed E-state index contributed by atoms with van der Waals surface area (Å²) in [7, 11) is 1.67. The number of aromatic nitrogens is 2. The number of hydrogen-bond acceptors (Lipinski definition) is 4. The van der Waals surface area contributed by atoms with Gasteiger partial charge in [-0.2, -0.15) is 4.98 Å². The first kappa shape index (κ1) is 14.3.